The number of rotatable bonds is 9. The third-order valence-electron chi connectivity index (χ3n) is 3.46. The number of ether oxygens (including phenoxy) is 1. The second-order valence-corrected chi connectivity index (χ2v) is 5.44. The zero-order chi connectivity index (χ0) is 20.2. The highest BCUT2D eigenvalue weighted by molar-refractivity contribution is 5.22. The van der Waals surface area contributed by atoms with Crippen molar-refractivity contribution in [2.75, 3.05) is 13.2 Å². The number of aliphatic hydroxyl groups excluding tert-OH is 1. The molecule has 0 bridgehead atoms. The van der Waals surface area contributed by atoms with Gasteiger partial charge in [-0.05, 0) is 17.5 Å². The monoisotopic (exact) mass is 398 g/mol. The van der Waals surface area contributed by atoms with Crippen LogP contribution in [0.3, 0.4) is 0 Å². The van der Waals surface area contributed by atoms with E-state index in [0.29, 0.717) is 12.0 Å². The molecule has 0 aromatic heterocycles. The van der Waals surface area contributed by atoms with Gasteiger partial charge >= 0.3 is 23.9 Å². The summed E-state index contributed by atoms with van der Waals surface area (Å²) in [5, 5.41) is 8.73. The molecule has 0 aliphatic carbocycles. The van der Waals surface area contributed by atoms with E-state index >= 15 is 0 Å². The highest BCUT2D eigenvalue weighted by Gasteiger charge is 2.81. The van der Waals surface area contributed by atoms with Crippen LogP contribution >= 0.6 is 0 Å². The molecule has 26 heavy (non-hydrogen) atoms. The first-order chi connectivity index (χ1) is 11.8. The van der Waals surface area contributed by atoms with Gasteiger partial charge in [0.05, 0.1) is 13.2 Å². The van der Waals surface area contributed by atoms with Crippen molar-refractivity contribution in [3.63, 3.8) is 0 Å². The van der Waals surface area contributed by atoms with Crippen LogP contribution in [0.5, 0.6) is 0 Å². The summed E-state index contributed by atoms with van der Waals surface area (Å²) in [5.41, 5.74) is 1.19. The summed E-state index contributed by atoms with van der Waals surface area (Å²) in [4.78, 5) is 0. The van der Waals surface area contributed by atoms with Crippen molar-refractivity contribution in [2.45, 2.75) is 43.4 Å². The molecule has 1 aromatic carbocycles. The Kier molecular flexibility index (Phi) is 6.97. The zero-order valence-corrected chi connectivity index (χ0v) is 13.1. The largest absolute Gasteiger partial charge is 0.460 e. The lowest BCUT2D eigenvalue weighted by Crippen LogP contribution is -2.61. The van der Waals surface area contributed by atoms with Gasteiger partial charge in [-0.1, -0.05) is 24.3 Å². The summed E-state index contributed by atoms with van der Waals surface area (Å²) in [6.45, 7) is -1.59. The van der Waals surface area contributed by atoms with E-state index in [1.807, 2.05) is 0 Å². The molecule has 0 radical (unpaired) electrons. The van der Waals surface area contributed by atoms with E-state index in [1.54, 1.807) is 12.1 Å². The Balaban J connectivity index is 2.62. The van der Waals surface area contributed by atoms with Crippen LogP contribution < -0.4 is 0 Å². The number of benzene rings is 1. The smallest absolute Gasteiger partial charge is 0.396 e. The Labute approximate surface area is 142 Å². The van der Waals surface area contributed by atoms with Crippen molar-refractivity contribution in [1.82, 2.24) is 0 Å². The third kappa shape index (κ3) is 4.81. The number of alkyl halides is 9. The van der Waals surface area contributed by atoms with Gasteiger partial charge in [-0.15, -0.1) is 0 Å². The molecular weight excluding hydrogens is 383 g/mol. The van der Waals surface area contributed by atoms with E-state index in [-0.39, 0.29) is 13.2 Å². The predicted octanol–water partition coefficient (Wildman–Crippen LogP) is 4.60. The standard InChI is InChI=1S/C15H15F9O2/c16-12(17,13(18,19)14(20,21)15(22,23)24)6-8-26-9-11-3-1-10(2-4-11)5-7-25/h1-4,25H,5-9H2. The molecule has 2 nitrogen and oxygen atoms in total. The fraction of sp³-hybridized carbons (Fsp3) is 0.600. The SMILES string of the molecule is OCCc1ccc(COCCC(F)(F)C(F)(F)C(F)(F)C(F)(F)F)cc1. The highest BCUT2D eigenvalue weighted by atomic mass is 19.4. The van der Waals surface area contributed by atoms with Crippen LogP contribution in [-0.4, -0.2) is 42.3 Å². The first-order valence-corrected chi connectivity index (χ1v) is 7.23. The van der Waals surface area contributed by atoms with E-state index in [9.17, 15) is 39.5 Å². The van der Waals surface area contributed by atoms with Crippen LogP contribution in [0.2, 0.25) is 0 Å². The van der Waals surface area contributed by atoms with Gasteiger partial charge in [-0.3, -0.25) is 0 Å². The van der Waals surface area contributed by atoms with E-state index in [2.05, 4.69) is 4.74 Å². The molecule has 0 amide bonds. The highest BCUT2D eigenvalue weighted by Crippen LogP contribution is 2.53. The van der Waals surface area contributed by atoms with Gasteiger partial charge in [0.2, 0.25) is 0 Å². The Morgan fingerprint density at radius 3 is 1.73 bits per heavy atom. The summed E-state index contributed by atoms with van der Waals surface area (Å²) in [5.74, 6) is -19.1. The molecule has 0 aliphatic rings. The quantitative estimate of drug-likeness (QED) is 0.487. The molecular formula is C15H15F9O2. The van der Waals surface area contributed by atoms with E-state index in [1.165, 1.54) is 12.1 Å². The molecule has 0 atom stereocenters. The van der Waals surface area contributed by atoms with Gasteiger partial charge in [-0.2, -0.15) is 39.5 Å². The molecule has 0 saturated carbocycles. The van der Waals surface area contributed by atoms with Crippen molar-refractivity contribution in [2.24, 2.45) is 0 Å². The minimum atomic E-state index is -6.88. The minimum Gasteiger partial charge on any atom is -0.396 e. The molecule has 1 N–H and O–H groups in total. The van der Waals surface area contributed by atoms with Crippen LogP contribution in [0.4, 0.5) is 39.5 Å². The Bertz CT molecular complexity index is 567. The van der Waals surface area contributed by atoms with Crippen LogP contribution in [0.25, 0.3) is 0 Å². The van der Waals surface area contributed by atoms with Crippen molar-refractivity contribution in [1.29, 1.82) is 0 Å². The van der Waals surface area contributed by atoms with E-state index in [4.69, 9.17) is 5.11 Å². The van der Waals surface area contributed by atoms with E-state index < -0.39 is 37.0 Å². The molecule has 1 aromatic rings. The molecule has 0 heterocycles. The van der Waals surface area contributed by atoms with E-state index in [0.717, 1.165) is 5.56 Å². The first-order valence-electron chi connectivity index (χ1n) is 7.23. The summed E-state index contributed by atoms with van der Waals surface area (Å²) in [6, 6.07) is 6.16. The number of hydrogen-bond acceptors (Lipinski definition) is 2. The Morgan fingerprint density at radius 2 is 1.27 bits per heavy atom. The normalized spacial score (nSPS) is 13.9. The molecule has 0 fully saturated rings. The second kappa shape index (κ2) is 8.03. The maximum atomic E-state index is 13.3. The average Bonchev–Trinajstić information content (AvgIpc) is 2.52. The van der Waals surface area contributed by atoms with Gasteiger partial charge in [0, 0.05) is 13.0 Å². The Hall–Kier alpha value is -1.49. The minimum absolute atomic E-state index is 0.0955. The van der Waals surface area contributed by atoms with Gasteiger partial charge in [-0.25, -0.2) is 0 Å². The first kappa shape index (κ1) is 22.6. The summed E-state index contributed by atoms with van der Waals surface area (Å²) in [6.07, 6.45) is -8.47. The van der Waals surface area contributed by atoms with Gasteiger partial charge in [0.15, 0.2) is 0 Å². The van der Waals surface area contributed by atoms with Crippen LogP contribution in [0.1, 0.15) is 17.5 Å². The van der Waals surface area contributed by atoms with Crippen molar-refractivity contribution in [3.05, 3.63) is 35.4 Å². The maximum absolute atomic E-state index is 13.3. The summed E-state index contributed by atoms with van der Waals surface area (Å²) in [7, 11) is 0. The number of halogens is 9. The molecule has 0 spiro atoms. The predicted molar refractivity (Wildman–Crippen MR) is 72.4 cm³/mol. The van der Waals surface area contributed by atoms with Crippen LogP contribution in [-0.2, 0) is 17.8 Å². The topological polar surface area (TPSA) is 29.5 Å². The number of aliphatic hydroxyl groups is 1. The van der Waals surface area contributed by atoms with Crippen molar-refractivity contribution in [3.8, 4) is 0 Å². The van der Waals surface area contributed by atoms with Gasteiger partial charge in [0.25, 0.3) is 0 Å². The summed E-state index contributed by atoms with van der Waals surface area (Å²) < 4.78 is 118. The van der Waals surface area contributed by atoms with Gasteiger partial charge in [0.1, 0.15) is 0 Å². The Morgan fingerprint density at radius 1 is 0.769 bits per heavy atom. The molecule has 1 rings (SSSR count). The molecule has 0 unspecified atom stereocenters. The second-order valence-electron chi connectivity index (χ2n) is 5.44. The maximum Gasteiger partial charge on any atom is 0.460 e. The zero-order valence-electron chi connectivity index (χ0n) is 13.1. The fourth-order valence-corrected chi connectivity index (χ4v) is 1.89. The molecule has 11 heteroatoms. The van der Waals surface area contributed by atoms with Crippen LogP contribution in [0, 0.1) is 0 Å². The van der Waals surface area contributed by atoms with Crippen LogP contribution in [0.15, 0.2) is 24.3 Å². The lowest BCUT2D eigenvalue weighted by molar-refractivity contribution is -0.397. The lowest BCUT2D eigenvalue weighted by Gasteiger charge is -2.33. The average molecular weight is 398 g/mol. The number of hydrogen-bond donors (Lipinski definition) is 1. The fourth-order valence-electron chi connectivity index (χ4n) is 1.89. The third-order valence-corrected chi connectivity index (χ3v) is 3.46. The lowest BCUT2D eigenvalue weighted by atomic mass is 10.0. The van der Waals surface area contributed by atoms with Crippen molar-refractivity contribution < 1.29 is 49.4 Å². The molecule has 150 valence electrons. The summed E-state index contributed by atoms with van der Waals surface area (Å²) >= 11 is 0. The molecule has 0 aliphatic heterocycles. The van der Waals surface area contributed by atoms with Crippen molar-refractivity contribution >= 4 is 0 Å². The van der Waals surface area contributed by atoms with Gasteiger partial charge < -0.3 is 9.84 Å². The molecule has 0 saturated heterocycles.